The number of ketones is 1. The van der Waals surface area contributed by atoms with E-state index in [1.165, 1.54) is 23.9 Å². The molecule has 0 aliphatic rings. The fraction of sp³-hybridized carbons (Fsp3) is 0.200. The molecule has 2 aromatic rings. The molecule has 17 heavy (non-hydrogen) atoms. The van der Waals surface area contributed by atoms with Gasteiger partial charge < -0.3 is 10.2 Å². The van der Waals surface area contributed by atoms with Gasteiger partial charge in [0.1, 0.15) is 24.2 Å². The second-order valence-corrected chi connectivity index (χ2v) is 3.45. The van der Waals surface area contributed by atoms with E-state index >= 15 is 0 Å². The summed E-state index contributed by atoms with van der Waals surface area (Å²) < 4.78 is 6.54. The normalized spacial score (nSPS) is 10.4. The lowest BCUT2D eigenvalue weighted by Crippen LogP contribution is -2.12. The van der Waals surface area contributed by atoms with Crippen molar-refractivity contribution in [1.29, 1.82) is 0 Å². The van der Waals surface area contributed by atoms with Crippen LogP contribution in [0.15, 0.2) is 22.9 Å². The predicted octanol–water partition coefficient (Wildman–Crippen LogP) is 0.221. The minimum absolute atomic E-state index is 0.168. The van der Waals surface area contributed by atoms with Gasteiger partial charge in [-0.3, -0.25) is 14.3 Å². The monoisotopic (exact) mass is 234 g/mol. The highest BCUT2D eigenvalue weighted by Gasteiger charge is 2.10. The number of Topliss-reactive ketones (excluding diaryl/α,β-unsaturated/α-hetero) is 1. The summed E-state index contributed by atoms with van der Waals surface area (Å²) in [6.07, 6.45) is 2.87. The average Bonchev–Trinajstić information content (AvgIpc) is 2.87. The smallest absolute Gasteiger partial charge is 0.269 e. The molecule has 0 unspecified atom stereocenters. The van der Waals surface area contributed by atoms with Crippen LogP contribution in [0.25, 0.3) is 0 Å². The van der Waals surface area contributed by atoms with E-state index in [9.17, 15) is 9.59 Å². The van der Waals surface area contributed by atoms with Gasteiger partial charge in [-0.05, 0) is 6.07 Å². The number of nitrogens with two attached hydrogens (primary N) is 1. The van der Waals surface area contributed by atoms with Gasteiger partial charge in [0.15, 0.2) is 5.78 Å². The summed E-state index contributed by atoms with van der Waals surface area (Å²) in [6, 6.07) is 1.50. The summed E-state index contributed by atoms with van der Waals surface area (Å²) in [7, 11) is 0. The molecule has 7 nitrogen and oxygen atoms in total. The molecule has 2 heterocycles. The van der Waals surface area contributed by atoms with Crippen LogP contribution in [0.3, 0.4) is 0 Å². The van der Waals surface area contributed by atoms with E-state index in [0.29, 0.717) is 5.89 Å². The van der Waals surface area contributed by atoms with Crippen molar-refractivity contribution in [3.05, 3.63) is 35.8 Å². The van der Waals surface area contributed by atoms with Crippen molar-refractivity contribution in [3.8, 4) is 0 Å². The van der Waals surface area contributed by atoms with Crippen LogP contribution in [0, 0.1) is 0 Å². The Morgan fingerprint density at radius 3 is 2.76 bits per heavy atom. The Balaban J connectivity index is 2.13. The molecule has 0 bridgehead atoms. The van der Waals surface area contributed by atoms with E-state index in [1.807, 2.05) is 0 Å². The first-order chi connectivity index (χ1) is 8.06. The molecule has 7 heteroatoms. The first kappa shape index (κ1) is 11.1. The van der Waals surface area contributed by atoms with Gasteiger partial charge in [-0.1, -0.05) is 0 Å². The van der Waals surface area contributed by atoms with Crippen LogP contribution in [0.4, 0.5) is 0 Å². The molecule has 0 aromatic carbocycles. The molecule has 0 saturated heterocycles. The Kier molecular flexibility index (Phi) is 2.73. The summed E-state index contributed by atoms with van der Waals surface area (Å²) in [5.41, 5.74) is 5.50. The molecule has 0 atom stereocenters. The SMILES string of the molecule is CC(=O)c1coc(Cn2ccc(C(N)=O)n2)n1. The number of hydrogen-bond acceptors (Lipinski definition) is 5. The van der Waals surface area contributed by atoms with Gasteiger partial charge in [-0.2, -0.15) is 5.10 Å². The first-order valence-electron chi connectivity index (χ1n) is 4.85. The van der Waals surface area contributed by atoms with Gasteiger partial charge in [0.05, 0.1) is 0 Å². The second kappa shape index (κ2) is 4.20. The Morgan fingerprint density at radius 1 is 1.47 bits per heavy atom. The summed E-state index contributed by atoms with van der Waals surface area (Å²) in [6.45, 7) is 1.64. The molecule has 2 aromatic heterocycles. The topological polar surface area (TPSA) is 104 Å². The van der Waals surface area contributed by atoms with Crippen LogP contribution in [0.5, 0.6) is 0 Å². The fourth-order valence-corrected chi connectivity index (χ4v) is 1.26. The molecule has 0 spiro atoms. The summed E-state index contributed by atoms with van der Waals surface area (Å²) in [4.78, 5) is 25.8. The van der Waals surface area contributed by atoms with Crippen molar-refractivity contribution < 1.29 is 14.0 Å². The average molecular weight is 234 g/mol. The molecular weight excluding hydrogens is 224 g/mol. The molecule has 0 aliphatic heterocycles. The lowest BCUT2D eigenvalue weighted by Gasteiger charge is -1.95. The number of nitrogens with zero attached hydrogens (tertiary/aromatic N) is 3. The Hall–Kier alpha value is -2.44. The van der Waals surface area contributed by atoms with Gasteiger partial charge in [0, 0.05) is 13.1 Å². The van der Waals surface area contributed by atoms with Crippen molar-refractivity contribution in [2.24, 2.45) is 5.73 Å². The number of rotatable bonds is 4. The van der Waals surface area contributed by atoms with E-state index in [4.69, 9.17) is 10.2 Å². The highest BCUT2D eigenvalue weighted by molar-refractivity contribution is 5.91. The van der Waals surface area contributed by atoms with E-state index in [1.54, 1.807) is 6.20 Å². The number of hydrogen-bond donors (Lipinski definition) is 1. The van der Waals surface area contributed by atoms with Gasteiger partial charge in [-0.15, -0.1) is 0 Å². The molecule has 0 radical (unpaired) electrons. The second-order valence-electron chi connectivity index (χ2n) is 3.45. The quantitative estimate of drug-likeness (QED) is 0.762. The summed E-state index contributed by atoms with van der Waals surface area (Å²) >= 11 is 0. The minimum atomic E-state index is -0.597. The van der Waals surface area contributed by atoms with Crippen LogP contribution in [-0.4, -0.2) is 26.5 Å². The van der Waals surface area contributed by atoms with Gasteiger partial charge in [-0.25, -0.2) is 4.98 Å². The number of primary amides is 1. The van der Waals surface area contributed by atoms with E-state index < -0.39 is 5.91 Å². The third-order valence-corrected chi connectivity index (χ3v) is 2.10. The standard InChI is InChI=1S/C10H10N4O3/c1-6(15)8-5-17-9(12-8)4-14-3-2-7(13-14)10(11)16/h2-3,5H,4H2,1H3,(H2,11,16). The van der Waals surface area contributed by atoms with Gasteiger partial charge >= 0.3 is 0 Å². The van der Waals surface area contributed by atoms with Gasteiger partial charge in [0.25, 0.3) is 5.91 Å². The molecule has 2 rings (SSSR count). The van der Waals surface area contributed by atoms with Crippen LogP contribution in [0.1, 0.15) is 33.8 Å². The summed E-state index contributed by atoms with van der Waals surface area (Å²) in [5.74, 6) is -0.423. The zero-order valence-corrected chi connectivity index (χ0v) is 9.08. The number of aromatic nitrogens is 3. The number of carbonyl (C=O) groups is 2. The van der Waals surface area contributed by atoms with Crippen molar-refractivity contribution in [2.75, 3.05) is 0 Å². The maximum atomic E-state index is 11.0. The highest BCUT2D eigenvalue weighted by atomic mass is 16.3. The van der Waals surface area contributed by atoms with Crippen LogP contribution < -0.4 is 5.73 Å². The third-order valence-electron chi connectivity index (χ3n) is 2.10. The Bertz CT molecular complexity index is 519. The predicted molar refractivity (Wildman–Crippen MR) is 56.4 cm³/mol. The minimum Gasteiger partial charge on any atom is -0.446 e. The lowest BCUT2D eigenvalue weighted by molar-refractivity contribution is 0.0991. The molecule has 88 valence electrons. The molecular formula is C10H10N4O3. The molecule has 0 saturated carbocycles. The zero-order chi connectivity index (χ0) is 12.4. The van der Waals surface area contributed by atoms with Crippen LogP contribution >= 0.6 is 0 Å². The molecule has 0 aliphatic carbocycles. The number of oxazole rings is 1. The lowest BCUT2D eigenvalue weighted by atomic mass is 10.3. The van der Waals surface area contributed by atoms with Crippen molar-refractivity contribution in [2.45, 2.75) is 13.5 Å². The van der Waals surface area contributed by atoms with Crippen molar-refractivity contribution >= 4 is 11.7 Å². The van der Waals surface area contributed by atoms with E-state index in [0.717, 1.165) is 0 Å². The Morgan fingerprint density at radius 2 is 2.24 bits per heavy atom. The largest absolute Gasteiger partial charge is 0.446 e. The highest BCUT2D eigenvalue weighted by Crippen LogP contribution is 2.05. The first-order valence-corrected chi connectivity index (χ1v) is 4.85. The van der Waals surface area contributed by atoms with Crippen LogP contribution in [-0.2, 0) is 6.54 Å². The fourth-order valence-electron chi connectivity index (χ4n) is 1.26. The molecule has 2 N–H and O–H groups in total. The zero-order valence-electron chi connectivity index (χ0n) is 9.08. The maximum absolute atomic E-state index is 11.0. The van der Waals surface area contributed by atoms with E-state index in [2.05, 4.69) is 10.1 Å². The number of carbonyl (C=O) groups excluding carboxylic acids is 2. The number of amides is 1. The third kappa shape index (κ3) is 2.39. The maximum Gasteiger partial charge on any atom is 0.269 e. The molecule has 1 amide bonds. The summed E-state index contributed by atoms with van der Waals surface area (Å²) in [5, 5.41) is 3.92. The van der Waals surface area contributed by atoms with Crippen molar-refractivity contribution in [1.82, 2.24) is 14.8 Å². The van der Waals surface area contributed by atoms with Crippen LogP contribution in [0.2, 0.25) is 0 Å². The van der Waals surface area contributed by atoms with Crippen molar-refractivity contribution in [3.63, 3.8) is 0 Å². The van der Waals surface area contributed by atoms with Gasteiger partial charge in [0.2, 0.25) is 5.89 Å². The Labute approximate surface area is 96.2 Å². The molecule has 0 fully saturated rings. The van der Waals surface area contributed by atoms with E-state index in [-0.39, 0.29) is 23.7 Å².